The van der Waals surface area contributed by atoms with Gasteiger partial charge < -0.3 is 39.5 Å². The molecular formula is C33H42N6O9. The lowest BCUT2D eigenvalue weighted by Crippen LogP contribution is -2.56. The van der Waals surface area contributed by atoms with Crippen LogP contribution in [0.3, 0.4) is 0 Å². The van der Waals surface area contributed by atoms with Crippen molar-refractivity contribution in [3.8, 4) is 5.75 Å². The molecule has 0 saturated carbocycles. The van der Waals surface area contributed by atoms with E-state index < -0.39 is 29.9 Å². The van der Waals surface area contributed by atoms with E-state index in [-0.39, 0.29) is 81.5 Å². The largest absolute Gasteiger partial charge is 0.483 e. The van der Waals surface area contributed by atoms with Gasteiger partial charge >= 0.3 is 12.1 Å². The van der Waals surface area contributed by atoms with E-state index in [1.165, 1.54) is 15.9 Å². The lowest BCUT2D eigenvalue weighted by Gasteiger charge is -2.36. The second kappa shape index (κ2) is 15.8. The maximum Gasteiger partial charge on any atom is 0.409 e. The first-order valence-corrected chi connectivity index (χ1v) is 16.5. The van der Waals surface area contributed by atoms with Gasteiger partial charge in [-0.05, 0) is 44.7 Å². The van der Waals surface area contributed by atoms with Crippen LogP contribution in [0.25, 0.3) is 10.9 Å². The highest BCUT2D eigenvalue weighted by Crippen LogP contribution is 2.27. The van der Waals surface area contributed by atoms with Crippen LogP contribution in [0.15, 0.2) is 30.3 Å². The number of aromatic nitrogens is 1. The monoisotopic (exact) mass is 666 g/mol. The third-order valence-corrected chi connectivity index (χ3v) is 9.00. The molecule has 15 nitrogen and oxygen atoms in total. The van der Waals surface area contributed by atoms with Crippen LogP contribution < -0.4 is 10.1 Å². The molecule has 1 aromatic carbocycles. The average molecular weight is 667 g/mol. The van der Waals surface area contributed by atoms with E-state index in [0.29, 0.717) is 43.3 Å². The number of amides is 5. The standard InChI is InChI=1S/C33H42N6O9/c1-2-47-33(46)38-18-16-37(17-19-38)32(45)25(9-10-30(42)43)35-31(44)26-20-27(23-6-3-4-7-24(23)34-26)48-21-29(41)36-14-11-22(12-15-36)39-13-5-8-28(39)40/h3-4,6-7,20,22,25H,2,5,8-19,21H2,1H3,(H,35,44)(H,42,43). The molecule has 0 bridgehead atoms. The lowest BCUT2D eigenvalue weighted by molar-refractivity contribution is -0.139. The van der Waals surface area contributed by atoms with Crippen LogP contribution in [-0.2, 0) is 23.9 Å². The molecule has 3 saturated heterocycles. The molecular weight excluding hydrogens is 624 g/mol. The number of hydrogen-bond acceptors (Lipinski definition) is 9. The molecule has 3 fully saturated rings. The van der Waals surface area contributed by atoms with Gasteiger partial charge in [0.1, 0.15) is 17.5 Å². The fourth-order valence-electron chi connectivity index (χ4n) is 6.39. The summed E-state index contributed by atoms with van der Waals surface area (Å²) in [6.45, 7) is 4.37. The first-order chi connectivity index (χ1) is 23.1. The summed E-state index contributed by atoms with van der Waals surface area (Å²) in [6.07, 6.45) is 1.91. The summed E-state index contributed by atoms with van der Waals surface area (Å²) in [7, 11) is 0. The zero-order chi connectivity index (χ0) is 34.2. The molecule has 0 aliphatic carbocycles. The summed E-state index contributed by atoms with van der Waals surface area (Å²) in [4.78, 5) is 86.8. The second-order valence-corrected chi connectivity index (χ2v) is 12.1. The highest BCUT2D eigenvalue weighted by atomic mass is 16.6. The fourth-order valence-corrected chi connectivity index (χ4v) is 6.39. The number of piperidine rings is 1. The van der Waals surface area contributed by atoms with Gasteiger partial charge in [0.05, 0.1) is 12.1 Å². The van der Waals surface area contributed by atoms with Gasteiger partial charge in [0.2, 0.25) is 11.8 Å². The van der Waals surface area contributed by atoms with Crippen LogP contribution in [0.5, 0.6) is 5.75 Å². The maximum absolute atomic E-state index is 13.5. The summed E-state index contributed by atoms with van der Waals surface area (Å²) < 4.78 is 11.0. The number of carboxylic acid groups (broad SMARTS) is 1. The van der Waals surface area contributed by atoms with Crippen molar-refractivity contribution in [1.29, 1.82) is 0 Å². The number of ether oxygens (including phenoxy) is 2. The van der Waals surface area contributed by atoms with Gasteiger partial charge in [-0.15, -0.1) is 0 Å². The van der Waals surface area contributed by atoms with E-state index in [4.69, 9.17) is 9.47 Å². The van der Waals surface area contributed by atoms with Crippen molar-refractivity contribution in [3.05, 3.63) is 36.0 Å². The number of hydrogen-bond donors (Lipinski definition) is 2. The predicted octanol–water partition coefficient (Wildman–Crippen LogP) is 1.49. The summed E-state index contributed by atoms with van der Waals surface area (Å²) in [5.41, 5.74) is 0.375. The van der Waals surface area contributed by atoms with Crippen molar-refractivity contribution < 1.29 is 43.3 Å². The number of carboxylic acids is 1. The third kappa shape index (κ3) is 8.30. The Bertz CT molecular complexity index is 1530. The molecule has 15 heteroatoms. The van der Waals surface area contributed by atoms with E-state index in [9.17, 15) is 33.9 Å². The molecule has 1 unspecified atom stereocenters. The van der Waals surface area contributed by atoms with Crippen molar-refractivity contribution in [2.24, 2.45) is 0 Å². The van der Waals surface area contributed by atoms with Gasteiger partial charge in [-0.1, -0.05) is 12.1 Å². The molecule has 1 aromatic heterocycles. The minimum absolute atomic E-state index is 0.0625. The van der Waals surface area contributed by atoms with Gasteiger partial charge in [0.15, 0.2) is 6.61 Å². The van der Waals surface area contributed by atoms with Crippen LogP contribution in [0, 0.1) is 0 Å². The Labute approximate surface area is 278 Å². The minimum Gasteiger partial charge on any atom is -0.483 e. The van der Waals surface area contributed by atoms with Gasteiger partial charge in [-0.3, -0.25) is 24.0 Å². The summed E-state index contributed by atoms with van der Waals surface area (Å²) in [6, 6.07) is 7.39. The number of pyridine rings is 1. The van der Waals surface area contributed by atoms with Gasteiger partial charge in [-0.2, -0.15) is 0 Å². The van der Waals surface area contributed by atoms with Gasteiger partial charge in [-0.25, -0.2) is 9.78 Å². The molecule has 3 aliphatic heterocycles. The number of carbonyl (C=O) groups is 6. The van der Waals surface area contributed by atoms with Crippen molar-refractivity contribution in [1.82, 2.24) is 29.9 Å². The second-order valence-electron chi connectivity index (χ2n) is 12.1. The molecule has 4 heterocycles. The maximum atomic E-state index is 13.5. The molecule has 1 atom stereocenters. The number of benzene rings is 1. The molecule has 5 amide bonds. The van der Waals surface area contributed by atoms with Crippen LogP contribution in [0.4, 0.5) is 4.79 Å². The number of piperazine rings is 1. The number of nitrogens with zero attached hydrogens (tertiary/aromatic N) is 5. The Hall–Kier alpha value is -4.95. The SMILES string of the molecule is CCOC(=O)N1CCN(C(=O)C(CCC(=O)O)NC(=O)c2cc(OCC(=O)N3CCC(N4CCCC4=O)CC3)c3ccccc3n2)CC1. The topological polar surface area (TPSA) is 179 Å². The van der Waals surface area contributed by atoms with Crippen molar-refractivity contribution in [2.45, 2.75) is 57.5 Å². The predicted molar refractivity (Wildman–Crippen MR) is 171 cm³/mol. The zero-order valence-corrected chi connectivity index (χ0v) is 27.1. The number of likely N-dealkylation sites (tertiary alicyclic amines) is 2. The van der Waals surface area contributed by atoms with Crippen molar-refractivity contribution >= 4 is 46.6 Å². The molecule has 0 spiro atoms. The zero-order valence-electron chi connectivity index (χ0n) is 27.1. The first kappa shape index (κ1) is 34.4. The first-order valence-electron chi connectivity index (χ1n) is 16.5. The Kier molecular flexibility index (Phi) is 11.3. The van der Waals surface area contributed by atoms with Crippen molar-refractivity contribution in [3.63, 3.8) is 0 Å². The Balaban J connectivity index is 1.24. The molecule has 258 valence electrons. The molecule has 2 N–H and O–H groups in total. The van der Waals surface area contributed by atoms with Crippen LogP contribution >= 0.6 is 0 Å². The van der Waals surface area contributed by atoms with Gasteiger partial charge in [0, 0.05) is 76.1 Å². The quantitative estimate of drug-likeness (QED) is 0.357. The summed E-state index contributed by atoms with van der Waals surface area (Å²) >= 11 is 0. The van der Waals surface area contributed by atoms with Gasteiger partial charge in [0.25, 0.3) is 11.8 Å². The number of rotatable bonds is 11. The smallest absolute Gasteiger partial charge is 0.409 e. The molecule has 2 aromatic rings. The van der Waals surface area contributed by atoms with Crippen LogP contribution in [0.2, 0.25) is 0 Å². The highest BCUT2D eigenvalue weighted by molar-refractivity contribution is 5.99. The third-order valence-electron chi connectivity index (χ3n) is 9.00. The lowest BCUT2D eigenvalue weighted by atomic mass is 10.0. The Morgan fingerprint density at radius 1 is 0.979 bits per heavy atom. The Morgan fingerprint density at radius 3 is 2.35 bits per heavy atom. The number of aliphatic carboxylic acids is 1. The molecule has 48 heavy (non-hydrogen) atoms. The molecule has 0 radical (unpaired) electrons. The van der Waals surface area contributed by atoms with E-state index in [2.05, 4.69) is 10.3 Å². The number of nitrogens with one attached hydrogen (secondary N) is 1. The summed E-state index contributed by atoms with van der Waals surface area (Å²) in [5, 5.41) is 12.6. The summed E-state index contributed by atoms with van der Waals surface area (Å²) in [5.74, 6) is -2.06. The normalized spacial score (nSPS) is 17.7. The Morgan fingerprint density at radius 2 is 1.69 bits per heavy atom. The fraction of sp³-hybridized carbons (Fsp3) is 0.545. The van der Waals surface area contributed by atoms with E-state index in [0.717, 1.165) is 13.0 Å². The number of para-hydroxylation sites is 1. The molecule has 3 aliphatic rings. The van der Waals surface area contributed by atoms with Crippen LogP contribution in [0.1, 0.15) is 55.9 Å². The highest BCUT2D eigenvalue weighted by Gasteiger charge is 2.33. The van der Waals surface area contributed by atoms with E-state index in [1.54, 1.807) is 36.1 Å². The van der Waals surface area contributed by atoms with Crippen molar-refractivity contribution in [2.75, 3.05) is 59.0 Å². The van der Waals surface area contributed by atoms with E-state index >= 15 is 0 Å². The molecule has 5 rings (SSSR count). The minimum atomic E-state index is -1.15. The number of fused-ring (bicyclic) bond motifs is 1. The average Bonchev–Trinajstić information content (AvgIpc) is 3.54. The van der Waals surface area contributed by atoms with Crippen LogP contribution in [-0.4, -0.2) is 136 Å². The number of carbonyl (C=O) groups excluding carboxylic acids is 5. The van der Waals surface area contributed by atoms with E-state index in [1.807, 2.05) is 4.90 Å².